The number of ketones is 1. The molecule has 0 aromatic carbocycles. The average molecular weight is 289 g/mol. The molecule has 0 saturated heterocycles. The maximum atomic E-state index is 11.2. The lowest BCUT2D eigenvalue weighted by Crippen LogP contribution is -2.31. The molecule has 20 heavy (non-hydrogen) atoms. The third-order valence-electron chi connectivity index (χ3n) is 2.47. The van der Waals surface area contributed by atoms with Crippen molar-refractivity contribution >= 4 is 11.7 Å². The normalized spacial score (nSPS) is 10.8. The Balaban J connectivity index is 3.14. The maximum Gasteiger partial charge on any atom is 0.222 e. The topological polar surface area (TPSA) is 73.9 Å². The quantitative estimate of drug-likeness (QED) is 0.507. The van der Waals surface area contributed by atoms with Crippen LogP contribution in [0.2, 0.25) is 0 Å². The van der Waals surface area contributed by atoms with Crippen LogP contribution in [0, 0.1) is 5.92 Å². The third kappa shape index (κ3) is 12.1. The van der Waals surface area contributed by atoms with Crippen molar-refractivity contribution in [3.8, 4) is 0 Å². The van der Waals surface area contributed by atoms with Crippen LogP contribution in [0.1, 0.15) is 27.2 Å². The van der Waals surface area contributed by atoms with Crippen LogP contribution in [-0.4, -0.2) is 57.9 Å². The van der Waals surface area contributed by atoms with Gasteiger partial charge in [0.1, 0.15) is 6.61 Å². The predicted molar refractivity (Wildman–Crippen MR) is 75.6 cm³/mol. The van der Waals surface area contributed by atoms with E-state index < -0.39 is 0 Å². The van der Waals surface area contributed by atoms with Gasteiger partial charge < -0.3 is 19.5 Å². The van der Waals surface area contributed by atoms with Gasteiger partial charge in [0.2, 0.25) is 5.91 Å². The highest BCUT2D eigenvalue weighted by Gasteiger charge is 2.04. The zero-order chi connectivity index (χ0) is 15.2. The van der Waals surface area contributed by atoms with Gasteiger partial charge >= 0.3 is 0 Å². The monoisotopic (exact) mass is 289 g/mol. The summed E-state index contributed by atoms with van der Waals surface area (Å²) in [4.78, 5) is 22.1. The number of carbonyl (C=O) groups is 2. The zero-order valence-electron chi connectivity index (χ0n) is 12.8. The number of nitrogens with one attached hydrogen (secondary N) is 1. The largest absolute Gasteiger partial charge is 0.377 e. The Hall–Kier alpha value is -0.980. The highest BCUT2D eigenvalue weighted by atomic mass is 16.5. The summed E-state index contributed by atoms with van der Waals surface area (Å²) < 4.78 is 15.7. The zero-order valence-corrected chi connectivity index (χ0v) is 12.8. The average Bonchev–Trinajstić information content (AvgIpc) is 2.43. The summed E-state index contributed by atoms with van der Waals surface area (Å²) in [6, 6.07) is 0. The van der Waals surface area contributed by atoms with E-state index in [1.807, 2.05) is 20.8 Å². The summed E-state index contributed by atoms with van der Waals surface area (Å²) in [5.74, 6) is 0.123. The Morgan fingerprint density at radius 2 is 1.50 bits per heavy atom. The number of amides is 1. The molecular formula is C14H27NO5. The Bertz CT molecular complexity index is 268. The summed E-state index contributed by atoms with van der Waals surface area (Å²) in [5.41, 5.74) is 0. The molecule has 0 bridgehead atoms. The van der Waals surface area contributed by atoms with E-state index in [0.717, 1.165) is 0 Å². The Morgan fingerprint density at radius 3 is 2.05 bits per heavy atom. The Labute approximate surface area is 121 Å². The lowest BCUT2D eigenvalue weighted by Gasteiger charge is -2.08. The van der Waals surface area contributed by atoms with Crippen molar-refractivity contribution in [3.63, 3.8) is 0 Å². The van der Waals surface area contributed by atoms with Crippen LogP contribution in [0.3, 0.4) is 0 Å². The molecule has 0 aromatic rings. The van der Waals surface area contributed by atoms with Gasteiger partial charge in [0, 0.05) is 18.9 Å². The van der Waals surface area contributed by atoms with Gasteiger partial charge in [-0.3, -0.25) is 9.59 Å². The van der Waals surface area contributed by atoms with E-state index in [1.54, 1.807) is 0 Å². The van der Waals surface area contributed by atoms with E-state index in [1.165, 1.54) is 0 Å². The van der Waals surface area contributed by atoms with Crippen LogP contribution in [0.15, 0.2) is 0 Å². The van der Waals surface area contributed by atoms with Gasteiger partial charge in [-0.2, -0.15) is 0 Å². The maximum absolute atomic E-state index is 11.2. The molecule has 6 nitrogen and oxygen atoms in total. The summed E-state index contributed by atoms with van der Waals surface area (Å²) in [6.07, 6.45) is 0.502. The first kappa shape index (κ1) is 19.0. The molecular weight excluding hydrogens is 262 g/mol. The Kier molecular flexibility index (Phi) is 12.4. The number of hydrogen-bond donors (Lipinski definition) is 1. The molecule has 0 atom stereocenters. The molecule has 0 radical (unpaired) electrons. The molecule has 1 amide bonds. The minimum atomic E-state index is -0.00192. The van der Waals surface area contributed by atoms with Crippen LogP contribution in [0.4, 0.5) is 0 Å². The molecule has 0 fully saturated rings. The second-order valence-electron chi connectivity index (χ2n) is 4.62. The van der Waals surface area contributed by atoms with Gasteiger partial charge in [0.05, 0.1) is 33.0 Å². The van der Waals surface area contributed by atoms with Gasteiger partial charge in [-0.25, -0.2) is 0 Å². The lowest BCUT2D eigenvalue weighted by atomic mass is 10.2. The SMILES string of the molecule is CCC(=O)COCCOCCOCCNC(=O)C(C)C. The van der Waals surface area contributed by atoms with Crippen molar-refractivity contribution in [1.29, 1.82) is 0 Å². The van der Waals surface area contributed by atoms with Crippen molar-refractivity contribution in [2.75, 3.05) is 46.2 Å². The van der Waals surface area contributed by atoms with Crippen molar-refractivity contribution in [3.05, 3.63) is 0 Å². The first-order valence-electron chi connectivity index (χ1n) is 7.10. The second kappa shape index (κ2) is 13.0. The molecule has 0 aliphatic rings. The van der Waals surface area contributed by atoms with Gasteiger partial charge in [-0.1, -0.05) is 20.8 Å². The van der Waals surface area contributed by atoms with Crippen LogP contribution in [0.25, 0.3) is 0 Å². The van der Waals surface area contributed by atoms with E-state index in [4.69, 9.17) is 14.2 Å². The lowest BCUT2D eigenvalue weighted by molar-refractivity contribution is -0.124. The molecule has 118 valence electrons. The van der Waals surface area contributed by atoms with Gasteiger partial charge in [0.15, 0.2) is 5.78 Å². The molecule has 0 rings (SSSR count). The minimum absolute atomic E-state index is 0.00192. The van der Waals surface area contributed by atoms with E-state index in [2.05, 4.69) is 5.32 Å². The molecule has 1 N–H and O–H groups in total. The van der Waals surface area contributed by atoms with Gasteiger partial charge in [-0.15, -0.1) is 0 Å². The predicted octanol–water partition coefficient (Wildman–Crippen LogP) is 0.788. The second-order valence-corrected chi connectivity index (χ2v) is 4.62. The number of carbonyl (C=O) groups excluding carboxylic acids is 2. The van der Waals surface area contributed by atoms with Crippen molar-refractivity contribution in [2.45, 2.75) is 27.2 Å². The summed E-state index contributed by atoms with van der Waals surface area (Å²) >= 11 is 0. The van der Waals surface area contributed by atoms with E-state index in [9.17, 15) is 9.59 Å². The molecule has 0 saturated carbocycles. The van der Waals surface area contributed by atoms with Crippen LogP contribution in [-0.2, 0) is 23.8 Å². The van der Waals surface area contributed by atoms with Gasteiger partial charge in [0.25, 0.3) is 0 Å². The Morgan fingerprint density at radius 1 is 0.950 bits per heavy atom. The first-order chi connectivity index (χ1) is 9.57. The number of ether oxygens (including phenoxy) is 3. The van der Waals surface area contributed by atoms with Crippen molar-refractivity contribution in [2.24, 2.45) is 5.92 Å². The molecule has 0 aromatic heterocycles. The van der Waals surface area contributed by atoms with Crippen molar-refractivity contribution < 1.29 is 23.8 Å². The minimum Gasteiger partial charge on any atom is -0.377 e. The highest BCUT2D eigenvalue weighted by Crippen LogP contribution is 1.89. The highest BCUT2D eigenvalue weighted by molar-refractivity contribution is 5.79. The number of hydrogen-bond acceptors (Lipinski definition) is 5. The smallest absolute Gasteiger partial charge is 0.222 e. The molecule has 0 spiro atoms. The molecule has 0 aliphatic heterocycles. The van der Waals surface area contributed by atoms with E-state index in [0.29, 0.717) is 46.0 Å². The molecule has 0 aliphatic carbocycles. The van der Waals surface area contributed by atoms with E-state index >= 15 is 0 Å². The standard InChI is InChI=1S/C14H27NO5/c1-4-13(16)11-20-10-9-19-8-7-18-6-5-15-14(17)12(2)3/h12H,4-11H2,1-3H3,(H,15,17). The fraction of sp³-hybridized carbons (Fsp3) is 0.857. The van der Waals surface area contributed by atoms with Crippen LogP contribution >= 0.6 is 0 Å². The molecule has 0 heterocycles. The number of rotatable bonds is 13. The fourth-order valence-corrected chi connectivity index (χ4v) is 1.18. The molecule has 6 heteroatoms. The summed E-state index contributed by atoms with van der Waals surface area (Å²) in [7, 11) is 0. The summed E-state index contributed by atoms with van der Waals surface area (Å²) in [6.45, 7) is 8.47. The fourth-order valence-electron chi connectivity index (χ4n) is 1.18. The summed E-state index contributed by atoms with van der Waals surface area (Å²) in [5, 5.41) is 2.76. The van der Waals surface area contributed by atoms with Gasteiger partial charge in [-0.05, 0) is 0 Å². The first-order valence-corrected chi connectivity index (χ1v) is 7.10. The number of Topliss-reactive ketones (excluding diaryl/α,β-unsaturated/α-hetero) is 1. The van der Waals surface area contributed by atoms with Crippen LogP contribution in [0.5, 0.6) is 0 Å². The molecule has 0 unspecified atom stereocenters. The van der Waals surface area contributed by atoms with E-state index in [-0.39, 0.29) is 24.2 Å². The van der Waals surface area contributed by atoms with Crippen molar-refractivity contribution in [1.82, 2.24) is 5.32 Å². The third-order valence-corrected chi connectivity index (χ3v) is 2.47. The van der Waals surface area contributed by atoms with Crippen LogP contribution < -0.4 is 5.32 Å².